The fraction of sp³-hybridized carbons (Fsp3) is 0.261. The molecule has 0 bridgehead atoms. The number of piperazine rings is 1. The largest absolute Gasteiger partial charge is 0.455 e. The van der Waals surface area contributed by atoms with Crippen LogP contribution in [-0.4, -0.2) is 48.3 Å². The van der Waals surface area contributed by atoms with Crippen LogP contribution < -0.4 is 25.2 Å². The van der Waals surface area contributed by atoms with E-state index in [1.54, 1.807) is 18.2 Å². The van der Waals surface area contributed by atoms with Gasteiger partial charge in [0.15, 0.2) is 6.73 Å². The maximum atomic E-state index is 13.1. The highest BCUT2D eigenvalue weighted by Gasteiger charge is 2.31. The lowest BCUT2D eigenvalue weighted by Crippen LogP contribution is -2.50. The quantitative estimate of drug-likeness (QED) is 0.503. The van der Waals surface area contributed by atoms with Gasteiger partial charge in [-0.15, -0.1) is 0 Å². The van der Waals surface area contributed by atoms with Crippen molar-refractivity contribution in [3.8, 4) is 5.88 Å². The van der Waals surface area contributed by atoms with Crippen LogP contribution in [-0.2, 0) is 0 Å². The van der Waals surface area contributed by atoms with Gasteiger partial charge in [0, 0.05) is 37.6 Å². The van der Waals surface area contributed by atoms with E-state index in [4.69, 9.17) is 39.5 Å². The van der Waals surface area contributed by atoms with Crippen molar-refractivity contribution in [3.63, 3.8) is 0 Å². The number of aromatic nitrogens is 2. The summed E-state index contributed by atoms with van der Waals surface area (Å²) in [6.07, 6.45) is 1.42. The van der Waals surface area contributed by atoms with Crippen LogP contribution in [0.2, 0.25) is 15.1 Å². The highest BCUT2D eigenvalue weighted by atomic mass is 35.5. The van der Waals surface area contributed by atoms with E-state index in [-0.39, 0.29) is 30.0 Å². The minimum Gasteiger partial charge on any atom is -0.455 e. The fourth-order valence-electron chi connectivity index (χ4n) is 4.07. The molecule has 2 aliphatic rings. The first kappa shape index (κ1) is 23.0. The monoisotopic (exact) mass is 518 g/mol. The van der Waals surface area contributed by atoms with Gasteiger partial charge in [-0.25, -0.2) is 4.98 Å². The Morgan fingerprint density at radius 1 is 1.15 bits per heavy atom. The third-order valence-electron chi connectivity index (χ3n) is 5.78. The molecule has 34 heavy (non-hydrogen) atoms. The summed E-state index contributed by atoms with van der Waals surface area (Å²) in [7, 11) is 0. The lowest BCUT2D eigenvalue weighted by molar-refractivity contribution is 0.0932. The van der Waals surface area contributed by atoms with E-state index in [9.17, 15) is 4.79 Å². The molecule has 0 unspecified atom stereocenters. The number of anilines is 4. The van der Waals surface area contributed by atoms with E-state index in [2.05, 4.69) is 32.4 Å². The van der Waals surface area contributed by atoms with E-state index in [0.29, 0.717) is 26.8 Å². The molecule has 1 saturated heterocycles. The molecule has 0 saturated carbocycles. The van der Waals surface area contributed by atoms with Gasteiger partial charge in [0.05, 0.1) is 26.4 Å². The Kier molecular flexibility index (Phi) is 6.40. The van der Waals surface area contributed by atoms with Gasteiger partial charge in [-0.3, -0.25) is 9.69 Å². The van der Waals surface area contributed by atoms with Gasteiger partial charge in [-0.2, -0.15) is 4.98 Å². The molecule has 176 valence electrons. The highest BCUT2D eigenvalue weighted by molar-refractivity contribution is 6.40. The SMILES string of the molecule is C[C@H]1CNCCN1c1ccc(Nc2ncc3c(n2)OCN(c2c(Cl)cccc2Cl)C3=O)cc1Cl. The Morgan fingerprint density at radius 3 is 2.68 bits per heavy atom. The molecule has 2 aliphatic heterocycles. The molecule has 2 aromatic carbocycles. The van der Waals surface area contributed by atoms with Crippen LogP contribution in [0.25, 0.3) is 0 Å². The topological polar surface area (TPSA) is 82.6 Å². The first-order valence-corrected chi connectivity index (χ1v) is 11.9. The van der Waals surface area contributed by atoms with Crippen LogP contribution in [0.3, 0.4) is 0 Å². The Morgan fingerprint density at radius 2 is 1.94 bits per heavy atom. The molecule has 1 fully saturated rings. The van der Waals surface area contributed by atoms with Crippen LogP contribution in [0.5, 0.6) is 5.88 Å². The summed E-state index contributed by atoms with van der Waals surface area (Å²) in [5, 5.41) is 7.84. The molecule has 8 nitrogen and oxygen atoms in total. The molecule has 1 amide bonds. The molecule has 5 rings (SSSR count). The van der Waals surface area contributed by atoms with Gasteiger partial charge in [0.2, 0.25) is 11.8 Å². The third kappa shape index (κ3) is 4.34. The maximum Gasteiger partial charge on any atom is 0.268 e. The first-order valence-electron chi connectivity index (χ1n) is 10.7. The number of hydrogen-bond acceptors (Lipinski definition) is 7. The van der Waals surface area contributed by atoms with Gasteiger partial charge in [-0.1, -0.05) is 40.9 Å². The zero-order valence-electron chi connectivity index (χ0n) is 18.2. The minimum absolute atomic E-state index is 0.0743. The lowest BCUT2D eigenvalue weighted by atomic mass is 10.1. The van der Waals surface area contributed by atoms with Crippen molar-refractivity contribution >= 4 is 63.7 Å². The molecule has 1 aromatic heterocycles. The number of hydrogen-bond donors (Lipinski definition) is 2. The smallest absolute Gasteiger partial charge is 0.268 e. The average molecular weight is 520 g/mol. The summed E-state index contributed by atoms with van der Waals surface area (Å²) < 4.78 is 5.74. The number of ether oxygens (including phenoxy) is 1. The van der Waals surface area contributed by atoms with Crippen molar-refractivity contribution in [1.82, 2.24) is 15.3 Å². The molecule has 0 spiro atoms. The van der Waals surface area contributed by atoms with Crippen LogP contribution >= 0.6 is 34.8 Å². The predicted octanol–water partition coefficient (Wildman–Crippen LogP) is 4.98. The van der Waals surface area contributed by atoms with Gasteiger partial charge in [0.1, 0.15) is 5.56 Å². The number of halogens is 3. The molecule has 2 N–H and O–H groups in total. The summed E-state index contributed by atoms with van der Waals surface area (Å²) in [6.45, 7) is 4.82. The molecule has 3 heterocycles. The summed E-state index contributed by atoms with van der Waals surface area (Å²) >= 11 is 19.1. The molecule has 0 aliphatic carbocycles. The van der Waals surface area contributed by atoms with Crippen molar-refractivity contribution in [3.05, 3.63) is 63.2 Å². The Hall–Kier alpha value is -2.78. The van der Waals surface area contributed by atoms with Gasteiger partial charge in [0.25, 0.3) is 5.91 Å². The number of fused-ring (bicyclic) bond motifs is 1. The minimum atomic E-state index is -0.347. The molecule has 0 radical (unpaired) electrons. The van der Waals surface area contributed by atoms with E-state index in [0.717, 1.165) is 31.0 Å². The molecular formula is C23H21Cl3N6O2. The predicted molar refractivity (Wildman–Crippen MR) is 135 cm³/mol. The van der Waals surface area contributed by atoms with E-state index in [1.165, 1.54) is 11.1 Å². The molecule has 11 heteroatoms. The maximum absolute atomic E-state index is 13.1. The van der Waals surface area contributed by atoms with Crippen molar-refractivity contribution in [2.45, 2.75) is 13.0 Å². The second-order valence-corrected chi connectivity index (χ2v) is 9.25. The van der Waals surface area contributed by atoms with Crippen LogP contribution in [0.4, 0.5) is 23.0 Å². The van der Waals surface area contributed by atoms with Crippen molar-refractivity contribution in [1.29, 1.82) is 0 Å². The fourth-order valence-corrected chi connectivity index (χ4v) is 4.96. The summed E-state index contributed by atoms with van der Waals surface area (Å²) in [4.78, 5) is 25.4. The normalized spacial score (nSPS) is 17.9. The van der Waals surface area contributed by atoms with E-state index < -0.39 is 0 Å². The number of rotatable bonds is 4. The zero-order valence-corrected chi connectivity index (χ0v) is 20.5. The second kappa shape index (κ2) is 9.46. The number of amides is 1. The number of carbonyl (C=O) groups excluding carboxylic acids is 1. The third-order valence-corrected chi connectivity index (χ3v) is 6.69. The second-order valence-electron chi connectivity index (χ2n) is 8.03. The Balaban J connectivity index is 1.35. The van der Waals surface area contributed by atoms with Gasteiger partial charge in [-0.05, 0) is 37.3 Å². The number of carbonyl (C=O) groups is 1. The van der Waals surface area contributed by atoms with Crippen molar-refractivity contribution in [2.24, 2.45) is 0 Å². The summed E-state index contributed by atoms with van der Waals surface area (Å²) in [5.74, 6) is 0.120. The summed E-state index contributed by atoms with van der Waals surface area (Å²) in [5.41, 5.74) is 2.31. The summed E-state index contributed by atoms with van der Waals surface area (Å²) in [6, 6.07) is 11.1. The van der Waals surface area contributed by atoms with Crippen LogP contribution in [0, 0.1) is 0 Å². The van der Waals surface area contributed by atoms with E-state index >= 15 is 0 Å². The number of benzene rings is 2. The lowest BCUT2D eigenvalue weighted by Gasteiger charge is -2.36. The Labute approximate surface area is 211 Å². The zero-order chi connectivity index (χ0) is 23.8. The van der Waals surface area contributed by atoms with Gasteiger partial charge < -0.3 is 20.3 Å². The number of nitrogens with zero attached hydrogens (tertiary/aromatic N) is 4. The first-order chi connectivity index (χ1) is 16.4. The average Bonchev–Trinajstić information content (AvgIpc) is 2.81. The van der Waals surface area contributed by atoms with Crippen molar-refractivity contribution in [2.75, 3.05) is 41.5 Å². The Bertz CT molecular complexity index is 1240. The van der Waals surface area contributed by atoms with Crippen LogP contribution in [0.15, 0.2) is 42.6 Å². The molecular weight excluding hydrogens is 499 g/mol. The molecule has 3 aromatic rings. The van der Waals surface area contributed by atoms with Gasteiger partial charge >= 0.3 is 0 Å². The van der Waals surface area contributed by atoms with Crippen LogP contribution in [0.1, 0.15) is 17.3 Å². The standard InChI is InChI=1S/C23H21Cl3N6O2/c1-13-10-27-7-8-31(13)19-6-5-14(9-18(19)26)29-23-28-11-15-21(30-23)34-12-32(22(15)33)20-16(24)3-2-4-17(20)25/h2-6,9,11,13,27H,7-8,10,12H2,1H3,(H,28,29,30)/t13-/m0/s1. The van der Waals surface area contributed by atoms with Crippen molar-refractivity contribution < 1.29 is 9.53 Å². The number of para-hydroxylation sites is 1. The highest BCUT2D eigenvalue weighted by Crippen LogP contribution is 2.37. The number of nitrogens with one attached hydrogen (secondary N) is 2. The molecule has 1 atom stereocenters. The van der Waals surface area contributed by atoms with E-state index in [1.807, 2.05) is 18.2 Å².